The lowest BCUT2D eigenvalue weighted by Gasteiger charge is -2.02. The fraction of sp³-hybridized carbons (Fsp3) is 0. The Bertz CT molecular complexity index is 680. The van der Waals surface area contributed by atoms with E-state index in [-0.39, 0.29) is 5.56 Å². The Morgan fingerprint density at radius 3 is 2.88 bits per heavy atom. The van der Waals surface area contributed by atoms with E-state index in [9.17, 15) is 4.79 Å². The van der Waals surface area contributed by atoms with Gasteiger partial charge in [0.1, 0.15) is 5.76 Å². The summed E-state index contributed by atoms with van der Waals surface area (Å²) < 4.78 is 5.36. The van der Waals surface area contributed by atoms with Crippen LogP contribution in [0.25, 0.3) is 22.1 Å². The number of aromatic amines is 1. The minimum Gasteiger partial charge on any atom is -0.464 e. The zero-order valence-electron chi connectivity index (χ0n) is 8.44. The standard InChI is InChI=1S/C13H9NO2/c15-13-7-11-9(8-14-13)3-1-4-10(11)12-5-2-6-16-12/h1-8H,(H,14,15). The first kappa shape index (κ1) is 8.97. The second-order valence-corrected chi connectivity index (χ2v) is 3.58. The highest BCUT2D eigenvalue weighted by atomic mass is 16.3. The van der Waals surface area contributed by atoms with Crippen molar-refractivity contribution in [3.63, 3.8) is 0 Å². The number of H-pyrrole nitrogens is 1. The van der Waals surface area contributed by atoms with Crippen LogP contribution in [-0.2, 0) is 0 Å². The molecule has 0 unspecified atom stereocenters. The van der Waals surface area contributed by atoms with Crippen molar-refractivity contribution in [3.8, 4) is 11.3 Å². The van der Waals surface area contributed by atoms with Crippen molar-refractivity contribution in [3.05, 3.63) is 59.2 Å². The van der Waals surface area contributed by atoms with Gasteiger partial charge in [-0.2, -0.15) is 0 Å². The van der Waals surface area contributed by atoms with Gasteiger partial charge in [0.2, 0.25) is 5.56 Å². The Kier molecular flexibility index (Phi) is 1.90. The number of benzene rings is 1. The van der Waals surface area contributed by atoms with Gasteiger partial charge in [-0.25, -0.2) is 0 Å². The number of nitrogens with one attached hydrogen (secondary N) is 1. The maximum Gasteiger partial charge on any atom is 0.248 e. The molecule has 3 nitrogen and oxygen atoms in total. The Balaban J connectivity index is 2.41. The third-order valence-electron chi connectivity index (χ3n) is 2.57. The highest BCUT2D eigenvalue weighted by Gasteiger charge is 2.05. The third kappa shape index (κ3) is 1.34. The lowest BCUT2D eigenvalue weighted by Crippen LogP contribution is -2.01. The van der Waals surface area contributed by atoms with Gasteiger partial charge in [0, 0.05) is 17.8 Å². The van der Waals surface area contributed by atoms with Crippen LogP contribution in [0.4, 0.5) is 0 Å². The van der Waals surface area contributed by atoms with Gasteiger partial charge >= 0.3 is 0 Å². The van der Waals surface area contributed by atoms with E-state index >= 15 is 0 Å². The van der Waals surface area contributed by atoms with E-state index in [4.69, 9.17) is 4.42 Å². The predicted molar refractivity (Wildman–Crippen MR) is 62.3 cm³/mol. The van der Waals surface area contributed by atoms with Crippen molar-refractivity contribution in [1.29, 1.82) is 0 Å². The molecule has 0 spiro atoms. The maximum atomic E-state index is 11.3. The van der Waals surface area contributed by atoms with Gasteiger partial charge in [-0.15, -0.1) is 0 Å². The van der Waals surface area contributed by atoms with Crippen molar-refractivity contribution in [2.24, 2.45) is 0 Å². The molecule has 0 bridgehead atoms. The van der Waals surface area contributed by atoms with Crippen LogP contribution in [0, 0.1) is 0 Å². The number of hydrogen-bond acceptors (Lipinski definition) is 2. The molecule has 0 radical (unpaired) electrons. The lowest BCUT2D eigenvalue weighted by molar-refractivity contribution is 0.583. The summed E-state index contributed by atoms with van der Waals surface area (Å²) in [6, 6.07) is 11.2. The Morgan fingerprint density at radius 1 is 1.12 bits per heavy atom. The molecule has 78 valence electrons. The van der Waals surface area contributed by atoms with Gasteiger partial charge in [-0.1, -0.05) is 18.2 Å². The summed E-state index contributed by atoms with van der Waals surface area (Å²) in [5, 5.41) is 1.90. The van der Waals surface area contributed by atoms with Crippen LogP contribution in [0.15, 0.2) is 58.1 Å². The number of fused-ring (bicyclic) bond motifs is 1. The molecule has 3 aromatic rings. The Morgan fingerprint density at radius 2 is 2.06 bits per heavy atom. The van der Waals surface area contributed by atoms with Crippen LogP contribution in [0.1, 0.15) is 0 Å². The minimum absolute atomic E-state index is 0.105. The molecule has 1 aromatic carbocycles. The zero-order valence-corrected chi connectivity index (χ0v) is 8.44. The lowest BCUT2D eigenvalue weighted by atomic mass is 10.0. The maximum absolute atomic E-state index is 11.3. The topological polar surface area (TPSA) is 46.0 Å². The number of rotatable bonds is 1. The van der Waals surface area contributed by atoms with Gasteiger partial charge < -0.3 is 9.40 Å². The second kappa shape index (κ2) is 3.38. The fourth-order valence-corrected chi connectivity index (χ4v) is 1.84. The first-order chi connectivity index (χ1) is 7.84. The largest absolute Gasteiger partial charge is 0.464 e. The van der Waals surface area contributed by atoms with Crippen molar-refractivity contribution < 1.29 is 4.42 Å². The second-order valence-electron chi connectivity index (χ2n) is 3.58. The van der Waals surface area contributed by atoms with Crippen molar-refractivity contribution >= 4 is 10.8 Å². The first-order valence-electron chi connectivity index (χ1n) is 5.00. The summed E-state index contributed by atoms with van der Waals surface area (Å²) in [6.07, 6.45) is 3.34. The van der Waals surface area contributed by atoms with Gasteiger partial charge in [-0.05, 0) is 22.9 Å². The zero-order chi connectivity index (χ0) is 11.0. The number of aromatic nitrogens is 1. The summed E-state index contributed by atoms with van der Waals surface area (Å²) in [7, 11) is 0. The monoisotopic (exact) mass is 211 g/mol. The predicted octanol–water partition coefficient (Wildman–Crippen LogP) is 2.79. The van der Waals surface area contributed by atoms with E-state index in [0.29, 0.717) is 0 Å². The van der Waals surface area contributed by atoms with Gasteiger partial charge in [0.05, 0.1) is 6.26 Å². The molecule has 0 saturated carbocycles. The summed E-state index contributed by atoms with van der Waals surface area (Å²) in [4.78, 5) is 14.0. The van der Waals surface area contributed by atoms with E-state index in [0.717, 1.165) is 22.1 Å². The van der Waals surface area contributed by atoms with Crippen LogP contribution in [0.2, 0.25) is 0 Å². The SMILES string of the molecule is O=c1cc2c(-c3ccco3)cccc2c[nH]1. The summed E-state index contributed by atoms with van der Waals surface area (Å²) in [5.74, 6) is 0.774. The van der Waals surface area contributed by atoms with Gasteiger partial charge in [0.15, 0.2) is 0 Å². The van der Waals surface area contributed by atoms with Crippen LogP contribution in [0.5, 0.6) is 0 Å². The summed E-state index contributed by atoms with van der Waals surface area (Å²) >= 11 is 0. The van der Waals surface area contributed by atoms with Gasteiger partial charge in [0.25, 0.3) is 0 Å². The van der Waals surface area contributed by atoms with Gasteiger partial charge in [-0.3, -0.25) is 4.79 Å². The minimum atomic E-state index is -0.105. The van der Waals surface area contributed by atoms with Crippen LogP contribution in [0.3, 0.4) is 0 Å². The van der Waals surface area contributed by atoms with Crippen molar-refractivity contribution in [2.75, 3.05) is 0 Å². The van der Waals surface area contributed by atoms with E-state index in [1.165, 1.54) is 0 Å². The number of pyridine rings is 1. The molecule has 3 heteroatoms. The average molecular weight is 211 g/mol. The molecule has 0 aliphatic rings. The molecule has 0 fully saturated rings. The van der Waals surface area contributed by atoms with Crippen LogP contribution in [-0.4, -0.2) is 4.98 Å². The summed E-state index contributed by atoms with van der Waals surface area (Å²) in [6.45, 7) is 0. The number of hydrogen-bond donors (Lipinski definition) is 1. The summed E-state index contributed by atoms with van der Waals surface area (Å²) in [5.41, 5.74) is 0.833. The molecule has 2 heterocycles. The molecular weight excluding hydrogens is 202 g/mol. The normalized spacial score (nSPS) is 10.8. The molecule has 0 aliphatic carbocycles. The van der Waals surface area contributed by atoms with Crippen LogP contribution >= 0.6 is 0 Å². The molecule has 2 aromatic heterocycles. The van der Waals surface area contributed by atoms with E-state index in [1.54, 1.807) is 18.5 Å². The van der Waals surface area contributed by atoms with E-state index in [1.807, 2.05) is 30.3 Å². The molecule has 0 aliphatic heterocycles. The quantitative estimate of drug-likeness (QED) is 0.672. The third-order valence-corrected chi connectivity index (χ3v) is 2.57. The Labute approximate surface area is 91.3 Å². The molecule has 16 heavy (non-hydrogen) atoms. The average Bonchev–Trinajstić information content (AvgIpc) is 2.81. The highest BCUT2D eigenvalue weighted by molar-refractivity contribution is 5.94. The van der Waals surface area contributed by atoms with E-state index in [2.05, 4.69) is 4.98 Å². The van der Waals surface area contributed by atoms with E-state index < -0.39 is 0 Å². The fourth-order valence-electron chi connectivity index (χ4n) is 1.84. The smallest absolute Gasteiger partial charge is 0.248 e. The molecule has 0 amide bonds. The van der Waals surface area contributed by atoms with Crippen molar-refractivity contribution in [2.45, 2.75) is 0 Å². The molecule has 0 saturated heterocycles. The Hall–Kier alpha value is -2.29. The van der Waals surface area contributed by atoms with Crippen LogP contribution < -0.4 is 5.56 Å². The molecule has 0 atom stereocenters. The molecule has 1 N–H and O–H groups in total. The number of furan rings is 1. The molecular formula is C13H9NO2. The molecule has 3 rings (SSSR count). The first-order valence-corrected chi connectivity index (χ1v) is 5.00. The van der Waals surface area contributed by atoms with Crippen molar-refractivity contribution in [1.82, 2.24) is 4.98 Å². The highest BCUT2D eigenvalue weighted by Crippen LogP contribution is 2.27.